The first-order chi connectivity index (χ1) is 6.26. The molecule has 0 aromatic heterocycles. The van der Waals surface area contributed by atoms with E-state index in [4.69, 9.17) is 17.6 Å². The van der Waals surface area contributed by atoms with Crippen LogP contribution in [0.25, 0.3) is 0 Å². The maximum atomic E-state index is 11.3. The van der Waals surface area contributed by atoms with Crippen molar-refractivity contribution in [3.05, 3.63) is 0 Å². The average Bonchev–Trinajstić information content (AvgIpc) is 2.14. The molecule has 0 aliphatic carbocycles. The normalized spacial score (nSPS) is 11.0. The number of terminal acetylenes is 2. The van der Waals surface area contributed by atoms with Crippen LogP contribution in [-0.2, 0) is 9.53 Å². The highest BCUT2D eigenvalue weighted by atomic mass is 16.5. The minimum atomic E-state index is -0.280. The summed E-state index contributed by atoms with van der Waals surface area (Å²) in [5, 5.41) is 0. The second-order valence-corrected chi connectivity index (χ2v) is 2.71. The topological polar surface area (TPSA) is 26.3 Å². The van der Waals surface area contributed by atoms with E-state index >= 15 is 0 Å². The van der Waals surface area contributed by atoms with Crippen molar-refractivity contribution in [3.63, 3.8) is 0 Å². The Morgan fingerprint density at radius 3 is 2.62 bits per heavy atom. The van der Waals surface area contributed by atoms with Gasteiger partial charge in [-0.1, -0.05) is 19.3 Å². The predicted molar refractivity (Wildman–Crippen MR) is 51.6 cm³/mol. The van der Waals surface area contributed by atoms with E-state index in [1.807, 2.05) is 6.92 Å². The molecule has 1 atom stereocenters. The average molecular weight is 178 g/mol. The summed E-state index contributed by atoms with van der Waals surface area (Å²) in [6.45, 7) is 2.03. The summed E-state index contributed by atoms with van der Waals surface area (Å²) in [7, 11) is 0. The fourth-order valence-corrected chi connectivity index (χ4v) is 1.02. The molecule has 0 aromatic carbocycles. The zero-order chi connectivity index (χ0) is 10.1. The summed E-state index contributed by atoms with van der Waals surface area (Å²) in [6, 6.07) is 0. The fourth-order valence-electron chi connectivity index (χ4n) is 1.02. The number of carbonyl (C=O) groups excluding carboxylic acids is 1. The largest absolute Gasteiger partial charge is 0.452 e. The molecule has 0 amide bonds. The van der Waals surface area contributed by atoms with Crippen LogP contribution in [0.5, 0.6) is 0 Å². The lowest BCUT2D eigenvalue weighted by Gasteiger charge is -2.10. The van der Waals surface area contributed by atoms with Gasteiger partial charge in [0.25, 0.3) is 0 Å². The summed E-state index contributed by atoms with van der Waals surface area (Å²) in [5.41, 5.74) is 0. The van der Waals surface area contributed by atoms with Gasteiger partial charge in [-0.25, -0.2) is 0 Å². The SMILES string of the molecule is C#CCOC(=O)C(CC#C)CCC. The van der Waals surface area contributed by atoms with Gasteiger partial charge in [0.15, 0.2) is 6.61 Å². The van der Waals surface area contributed by atoms with E-state index in [0.717, 1.165) is 12.8 Å². The molecule has 2 heteroatoms. The van der Waals surface area contributed by atoms with Gasteiger partial charge < -0.3 is 4.74 Å². The predicted octanol–water partition coefficient (Wildman–Crippen LogP) is 1.60. The molecule has 0 rings (SSSR count). The third kappa shape index (κ3) is 4.93. The van der Waals surface area contributed by atoms with Gasteiger partial charge in [0.05, 0.1) is 5.92 Å². The van der Waals surface area contributed by atoms with E-state index < -0.39 is 0 Å². The van der Waals surface area contributed by atoms with Crippen LogP contribution >= 0.6 is 0 Å². The van der Waals surface area contributed by atoms with Gasteiger partial charge in [-0.05, 0) is 6.42 Å². The van der Waals surface area contributed by atoms with Gasteiger partial charge in [0.2, 0.25) is 0 Å². The van der Waals surface area contributed by atoms with Gasteiger partial charge in [-0.15, -0.1) is 18.8 Å². The monoisotopic (exact) mass is 178 g/mol. The molecular formula is C11H14O2. The van der Waals surface area contributed by atoms with E-state index in [0.29, 0.717) is 6.42 Å². The summed E-state index contributed by atoms with van der Waals surface area (Å²) >= 11 is 0. The smallest absolute Gasteiger partial charge is 0.310 e. The first kappa shape index (κ1) is 11.6. The Morgan fingerprint density at radius 2 is 2.15 bits per heavy atom. The second-order valence-electron chi connectivity index (χ2n) is 2.71. The molecule has 0 saturated carbocycles. The van der Waals surface area contributed by atoms with Gasteiger partial charge in [-0.2, -0.15) is 0 Å². The Kier molecular flexibility index (Phi) is 6.46. The van der Waals surface area contributed by atoms with Crippen molar-refractivity contribution in [1.82, 2.24) is 0 Å². The second kappa shape index (κ2) is 7.25. The fraction of sp³-hybridized carbons (Fsp3) is 0.545. The van der Waals surface area contributed by atoms with Crippen LogP contribution in [0.3, 0.4) is 0 Å². The van der Waals surface area contributed by atoms with E-state index in [2.05, 4.69) is 11.8 Å². The molecule has 0 spiro atoms. The van der Waals surface area contributed by atoms with E-state index in [9.17, 15) is 4.79 Å². The minimum absolute atomic E-state index is 0.0314. The van der Waals surface area contributed by atoms with Crippen LogP contribution in [0.4, 0.5) is 0 Å². The van der Waals surface area contributed by atoms with Crippen LogP contribution in [0.1, 0.15) is 26.2 Å². The molecule has 0 aliphatic rings. The summed E-state index contributed by atoms with van der Waals surface area (Å²) < 4.78 is 4.79. The summed E-state index contributed by atoms with van der Waals surface area (Å²) in [4.78, 5) is 11.3. The van der Waals surface area contributed by atoms with Crippen LogP contribution in [0.2, 0.25) is 0 Å². The standard InChI is InChI=1S/C11H14O2/c1-4-7-10(8-5-2)11(12)13-9-6-3/h1,3,10H,5,7-9H2,2H3. The Balaban J connectivity index is 3.98. The molecule has 0 aliphatic heterocycles. The van der Waals surface area contributed by atoms with Crippen LogP contribution in [-0.4, -0.2) is 12.6 Å². The molecule has 0 bridgehead atoms. The lowest BCUT2D eigenvalue weighted by molar-refractivity contribution is -0.147. The number of hydrogen-bond donors (Lipinski definition) is 0. The van der Waals surface area contributed by atoms with Crippen LogP contribution < -0.4 is 0 Å². The van der Waals surface area contributed by atoms with Crippen LogP contribution in [0.15, 0.2) is 0 Å². The Morgan fingerprint density at radius 1 is 1.46 bits per heavy atom. The number of rotatable bonds is 5. The third-order valence-electron chi connectivity index (χ3n) is 1.63. The first-order valence-corrected chi connectivity index (χ1v) is 4.29. The number of ether oxygens (including phenoxy) is 1. The molecule has 13 heavy (non-hydrogen) atoms. The maximum absolute atomic E-state index is 11.3. The van der Waals surface area contributed by atoms with Gasteiger partial charge in [-0.3, -0.25) is 4.79 Å². The van der Waals surface area contributed by atoms with Gasteiger partial charge in [0.1, 0.15) is 0 Å². The quantitative estimate of drug-likeness (QED) is 0.472. The molecular weight excluding hydrogens is 164 g/mol. The van der Waals surface area contributed by atoms with Crippen molar-refractivity contribution in [2.45, 2.75) is 26.2 Å². The Hall–Kier alpha value is -1.41. The molecule has 0 heterocycles. The number of esters is 1. The highest BCUT2D eigenvalue weighted by Crippen LogP contribution is 2.12. The molecule has 1 unspecified atom stereocenters. The van der Waals surface area contributed by atoms with Gasteiger partial charge >= 0.3 is 5.97 Å². The Bertz CT molecular complexity index is 229. The van der Waals surface area contributed by atoms with Crippen LogP contribution in [0, 0.1) is 30.6 Å². The van der Waals surface area contributed by atoms with Crippen molar-refractivity contribution in [2.24, 2.45) is 5.92 Å². The molecule has 2 nitrogen and oxygen atoms in total. The highest BCUT2D eigenvalue weighted by Gasteiger charge is 2.17. The number of hydrogen-bond acceptors (Lipinski definition) is 2. The Labute approximate surface area is 79.7 Å². The molecule has 0 N–H and O–H groups in total. The van der Waals surface area contributed by atoms with Crippen molar-refractivity contribution in [2.75, 3.05) is 6.61 Å². The molecule has 0 aromatic rings. The van der Waals surface area contributed by atoms with Crippen molar-refractivity contribution in [3.8, 4) is 24.7 Å². The third-order valence-corrected chi connectivity index (χ3v) is 1.63. The highest BCUT2D eigenvalue weighted by molar-refractivity contribution is 5.72. The van der Waals surface area contributed by atoms with Gasteiger partial charge in [0, 0.05) is 6.42 Å². The summed E-state index contributed by atoms with van der Waals surface area (Å²) in [5.74, 6) is 4.23. The molecule has 0 radical (unpaired) electrons. The molecule has 0 fully saturated rings. The lowest BCUT2D eigenvalue weighted by atomic mass is 10.0. The van der Waals surface area contributed by atoms with Crippen molar-refractivity contribution < 1.29 is 9.53 Å². The molecule has 70 valence electrons. The van der Waals surface area contributed by atoms with E-state index in [1.165, 1.54) is 0 Å². The van der Waals surface area contributed by atoms with Crippen molar-refractivity contribution >= 4 is 5.97 Å². The first-order valence-electron chi connectivity index (χ1n) is 4.29. The maximum Gasteiger partial charge on any atom is 0.310 e. The minimum Gasteiger partial charge on any atom is -0.452 e. The molecule has 0 saturated heterocycles. The lowest BCUT2D eigenvalue weighted by Crippen LogP contribution is -2.17. The van der Waals surface area contributed by atoms with Crippen molar-refractivity contribution in [1.29, 1.82) is 0 Å². The van der Waals surface area contributed by atoms with E-state index in [-0.39, 0.29) is 18.5 Å². The zero-order valence-electron chi connectivity index (χ0n) is 7.88. The summed E-state index contributed by atoms with van der Waals surface area (Å²) in [6.07, 6.45) is 12.2. The zero-order valence-corrected chi connectivity index (χ0v) is 7.88. The number of carbonyl (C=O) groups is 1. The van der Waals surface area contributed by atoms with E-state index in [1.54, 1.807) is 0 Å².